The highest BCUT2D eigenvalue weighted by molar-refractivity contribution is 5.13. The predicted octanol–water partition coefficient (Wildman–Crippen LogP) is 8.09. The number of hydrogen-bond donors (Lipinski definition) is 1. The van der Waals surface area contributed by atoms with E-state index in [1.165, 1.54) is 83.5 Å². The van der Waals surface area contributed by atoms with Gasteiger partial charge in [0.2, 0.25) is 0 Å². The summed E-state index contributed by atoms with van der Waals surface area (Å²) in [5, 5.41) is 9.43. The van der Waals surface area contributed by atoms with Crippen LogP contribution in [-0.4, -0.2) is 31.0 Å². The summed E-state index contributed by atoms with van der Waals surface area (Å²) >= 11 is 0. The van der Waals surface area contributed by atoms with Gasteiger partial charge in [0.25, 0.3) is 0 Å². The molecular weight excluding hydrogens is 384 g/mol. The summed E-state index contributed by atoms with van der Waals surface area (Å²) in [7, 11) is 0. The van der Waals surface area contributed by atoms with Gasteiger partial charge in [-0.1, -0.05) is 135 Å². The minimum Gasteiger partial charge on any atom is -0.394 e. The van der Waals surface area contributed by atoms with E-state index < -0.39 is 0 Å². The maximum Gasteiger partial charge on any atom is 0.104 e. The van der Waals surface area contributed by atoms with E-state index in [-0.39, 0.29) is 12.7 Å². The number of rotatable bonds is 21. The molecule has 1 aromatic carbocycles. The molecule has 0 amide bonds. The van der Waals surface area contributed by atoms with Crippen molar-refractivity contribution >= 4 is 0 Å². The fourth-order valence-electron chi connectivity index (χ4n) is 3.58. The molecular formula is C28H52O3. The number of aliphatic hydroxyl groups excluding tert-OH is 1. The molecule has 1 rings (SSSR count). The molecule has 0 heterocycles. The van der Waals surface area contributed by atoms with Crippen LogP contribution in [0.5, 0.6) is 0 Å². The van der Waals surface area contributed by atoms with Crippen LogP contribution in [0.3, 0.4) is 0 Å². The van der Waals surface area contributed by atoms with Crippen molar-refractivity contribution in [1.29, 1.82) is 0 Å². The van der Waals surface area contributed by atoms with Crippen LogP contribution in [0, 0.1) is 0 Å². The maximum absolute atomic E-state index is 9.43. The normalized spacial score (nSPS) is 11.7. The van der Waals surface area contributed by atoms with E-state index in [4.69, 9.17) is 9.47 Å². The van der Waals surface area contributed by atoms with E-state index in [1.54, 1.807) is 0 Å². The molecule has 0 aliphatic carbocycles. The predicted molar refractivity (Wildman–Crippen MR) is 135 cm³/mol. The Labute approximate surface area is 193 Å². The van der Waals surface area contributed by atoms with Crippen molar-refractivity contribution in [2.24, 2.45) is 0 Å². The molecule has 3 nitrogen and oxygen atoms in total. The fraction of sp³-hybridized carbons (Fsp3) is 0.786. The monoisotopic (exact) mass is 436 g/mol. The molecule has 182 valence electrons. The highest BCUT2D eigenvalue weighted by Gasteiger charge is 2.08. The van der Waals surface area contributed by atoms with Crippen molar-refractivity contribution in [2.75, 3.05) is 19.8 Å². The summed E-state index contributed by atoms with van der Waals surface area (Å²) in [6.45, 7) is 8.04. The van der Waals surface area contributed by atoms with Crippen LogP contribution >= 0.6 is 0 Å². The van der Waals surface area contributed by atoms with Gasteiger partial charge in [-0.25, -0.2) is 0 Å². The van der Waals surface area contributed by atoms with Gasteiger partial charge in [0.15, 0.2) is 0 Å². The van der Waals surface area contributed by atoms with Crippen LogP contribution in [0.2, 0.25) is 0 Å². The zero-order valence-electron chi connectivity index (χ0n) is 21.0. The van der Waals surface area contributed by atoms with Gasteiger partial charge >= 0.3 is 0 Å². The van der Waals surface area contributed by atoms with Gasteiger partial charge in [0.05, 0.1) is 19.8 Å². The highest BCUT2D eigenvalue weighted by Crippen LogP contribution is 2.13. The van der Waals surface area contributed by atoms with Crippen molar-refractivity contribution in [3.63, 3.8) is 0 Å². The highest BCUT2D eigenvalue weighted by atomic mass is 16.5. The first-order chi connectivity index (χ1) is 15.4. The van der Waals surface area contributed by atoms with Gasteiger partial charge in [0, 0.05) is 6.61 Å². The van der Waals surface area contributed by atoms with Crippen LogP contribution < -0.4 is 0 Å². The Morgan fingerprint density at radius 1 is 0.710 bits per heavy atom. The van der Waals surface area contributed by atoms with Gasteiger partial charge < -0.3 is 14.6 Å². The third kappa shape index (κ3) is 20.7. The van der Waals surface area contributed by atoms with E-state index >= 15 is 0 Å². The lowest BCUT2D eigenvalue weighted by Crippen LogP contribution is -2.24. The topological polar surface area (TPSA) is 38.7 Å². The zero-order valence-corrected chi connectivity index (χ0v) is 21.0. The van der Waals surface area contributed by atoms with Gasteiger partial charge in [-0.2, -0.15) is 0 Å². The van der Waals surface area contributed by atoms with E-state index in [0.29, 0.717) is 13.2 Å². The summed E-state index contributed by atoms with van der Waals surface area (Å²) in [6.07, 6.45) is 18.8. The lowest BCUT2D eigenvalue weighted by Gasteiger charge is -2.15. The number of ether oxygens (including phenoxy) is 2. The van der Waals surface area contributed by atoms with Crippen LogP contribution in [-0.2, 0) is 16.1 Å². The van der Waals surface area contributed by atoms with Gasteiger partial charge in [-0.15, -0.1) is 0 Å². The van der Waals surface area contributed by atoms with Crippen LogP contribution in [0.15, 0.2) is 30.3 Å². The Morgan fingerprint density at radius 3 is 1.68 bits per heavy atom. The molecule has 1 atom stereocenters. The van der Waals surface area contributed by atoms with E-state index in [9.17, 15) is 5.11 Å². The smallest absolute Gasteiger partial charge is 0.104 e. The molecule has 0 fully saturated rings. The molecule has 0 saturated heterocycles. The van der Waals surface area contributed by atoms with E-state index in [1.807, 2.05) is 44.2 Å². The molecule has 1 aromatic rings. The molecule has 0 bridgehead atoms. The summed E-state index contributed by atoms with van der Waals surface area (Å²) in [6, 6.07) is 10.1. The quantitative estimate of drug-likeness (QED) is 0.198. The third-order valence-electron chi connectivity index (χ3n) is 5.47. The van der Waals surface area contributed by atoms with Gasteiger partial charge in [0.1, 0.15) is 6.10 Å². The molecule has 1 unspecified atom stereocenters. The van der Waals surface area contributed by atoms with Crippen molar-refractivity contribution in [3.8, 4) is 0 Å². The third-order valence-corrected chi connectivity index (χ3v) is 5.47. The SMILES string of the molecule is CC.CCCCCCCCCCCCCCCCOC(CO)COCc1ccccc1. The number of unbranched alkanes of at least 4 members (excludes halogenated alkanes) is 13. The molecule has 31 heavy (non-hydrogen) atoms. The number of aliphatic hydroxyl groups is 1. The number of hydrogen-bond acceptors (Lipinski definition) is 3. The average Bonchev–Trinajstić information content (AvgIpc) is 2.82. The summed E-state index contributed by atoms with van der Waals surface area (Å²) in [4.78, 5) is 0. The number of benzene rings is 1. The Balaban J connectivity index is 0.00000436. The largest absolute Gasteiger partial charge is 0.394 e. The second kappa shape index (κ2) is 25.4. The second-order valence-corrected chi connectivity index (χ2v) is 8.27. The second-order valence-electron chi connectivity index (χ2n) is 8.27. The zero-order chi connectivity index (χ0) is 22.8. The summed E-state index contributed by atoms with van der Waals surface area (Å²) in [5.41, 5.74) is 1.15. The molecule has 3 heteroatoms. The van der Waals surface area contributed by atoms with E-state index in [0.717, 1.165) is 18.6 Å². The van der Waals surface area contributed by atoms with Gasteiger partial charge in [-0.3, -0.25) is 0 Å². The first kappa shape index (κ1) is 30.1. The molecule has 1 N–H and O–H groups in total. The van der Waals surface area contributed by atoms with Crippen LogP contribution in [0.25, 0.3) is 0 Å². The van der Waals surface area contributed by atoms with Gasteiger partial charge in [-0.05, 0) is 12.0 Å². The molecule has 0 spiro atoms. The van der Waals surface area contributed by atoms with Crippen molar-refractivity contribution < 1.29 is 14.6 Å². The van der Waals surface area contributed by atoms with Crippen LogP contribution in [0.1, 0.15) is 116 Å². The van der Waals surface area contributed by atoms with Crippen molar-refractivity contribution in [2.45, 2.75) is 123 Å². The molecule has 0 saturated carbocycles. The van der Waals surface area contributed by atoms with Crippen LogP contribution in [0.4, 0.5) is 0 Å². The average molecular weight is 437 g/mol. The Bertz CT molecular complexity index is 435. The Morgan fingerprint density at radius 2 is 1.19 bits per heavy atom. The van der Waals surface area contributed by atoms with Crippen molar-refractivity contribution in [1.82, 2.24) is 0 Å². The Hall–Kier alpha value is -0.900. The maximum atomic E-state index is 9.43. The lowest BCUT2D eigenvalue weighted by molar-refractivity contribution is -0.0473. The standard InChI is InChI=1S/C26H46O3.C2H6/c1-2-3-4-5-6-7-8-9-10-11-12-13-14-18-21-29-26(22-27)24-28-23-25-19-16-15-17-20-25;1-2/h15-17,19-20,26-27H,2-14,18,21-24H2,1H3;1-2H3. The molecule has 0 aromatic heterocycles. The first-order valence-corrected chi connectivity index (χ1v) is 13.2. The minimum absolute atomic E-state index is 0.0212. The minimum atomic E-state index is -0.208. The summed E-state index contributed by atoms with van der Waals surface area (Å²) < 4.78 is 11.4. The lowest BCUT2D eigenvalue weighted by atomic mass is 10.0. The van der Waals surface area contributed by atoms with Crippen molar-refractivity contribution in [3.05, 3.63) is 35.9 Å². The molecule has 0 radical (unpaired) electrons. The molecule has 0 aliphatic heterocycles. The first-order valence-electron chi connectivity index (χ1n) is 13.2. The molecule has 0 aliphatic rings. The van der Waals surface area contributed by atoms with E-state index in [2.05, 4.69) is 6.92 Å². The summed E-state index contributed by atoms with van der Waals surface area (Å²) in [5.74, 6) is 0. The Kier molecular flexibility index (Phi) is 24.6. The fourth-order valence-corrected chi connectivity index (χ4v) is 3.58.